The first-order valence-electron chi connectivity index (χ1n) is 20.7. The molecule has 9 aromatic carbocycles. The highest BCUT2D eigenvalue weighted by Crippen LogP contribution is 2.61. The Morgan fingerprint density at radius 1 is 0.317 bits per heavy atom. The third-order valence-corrected chi connectivity index (χ3v) is 12.8. The van der Waals surface area contributed by atoms with E-state index < -0.39 is 5.41 Å². The molecule has 1 heterocycles. The number of nitrogens with zero attached hydrogens (tertiary/aromatic N) is 2. The summed E-state index contributed by atoms with van der Waals surface area (Å²) in [5.74, 6) is 0.706. The van der Waals surface area contributed by atoms with Crippen LogP contribution in [0.5, 0.6) is 0 Å². The average molecular weight is 763 g/mol. The molecule has 0 bridgehead atoms. The molecule has 0 amide bonds. The molecule has 60 heavy (non-hydrogen) atoms. The molecule has 0 saturated heterocycles. The van der Waals surface area contributed by atoms with E-state index in [0.717, 1.165) is 28.1 Å². The van der Waals surface area contributed by atoms with Crippen molar-refractivity contribution in [2.24, 2.45) is 0 Å². The summed E-state index contributed by atoms with van der Waals surface area (Å²) in [5, 5.41) is 2.49. The Bertz CT molecular complexity index is 3270. The number of fused-ring (bicyclic) bond motifs is 13. The van der Waals surface area contributed by atoms with E-state index in [0.29, 0.717) is 5.82 Å². The van der Waals surface area contributed by atoms with Crippen LogP contribution in [0.1, 0.15) is 27.8 Å². The molecule has 1 spiro atoms. The zero-order chi connectivity index (χ0) is 39.8. The van der Waals surface area contributed by atoms with Gasteiger partial charge in [-0.15, -0.1) is 0 Å². The van der Waals surface area contributed by atoms with Gasteiger partial charge in [0.2, 0.25) is 0 Å². The van der Waals surface area contributed by atoms with Crippen LogP contribution < -0.4 is 0 Å². The largest absolute Gasteiger partial charge is 0.228 e. The van der Waals surface area contributed by atoms with Gasteiger partial charge in [0.15, 0.2) is 5.82 Å². The van der Waals surface area contributed by atoms with E-state index in [9.17, 15) is 0 Å². The van der Waals surface area contributed by atoms with E-state index in [1.54, 1.807) is 0 Å². The van der Waals surface area contributed by atoms with Gasteiger partial charge in [-0.25, -0.2) is 9.97 Å². The molecular formula is C58H38N2. The van der Waals surface area contributed by atoms with E-state index in [-0.39, 0.29) is 0 Å². The summed E-state index contributed by atoms with van der Waals surface area (Å²) in [6, 6.07) is 77.7. The second-order valence-electron chi connectivity index (χ2n) is 16.1. The molecule has 2 aliphatic carbocycles. The fraction of sp³-hybridized carbons (Fsp3) is 0.0345. The van der Waals surface area contributed by atoms with Crippen molar-refractivity contribution in [1.29, 1.82) is 0 Å². The lowest BCUT2D eigenvalue weighted by atomic mass is 9.65. The van der Waals surface area contributed by atoms with Crippen LogP contribution >= 0.6 is 0 Å². The molecule has 10 aromatic rings. The molecule has 0 unspecified atom stereocenters. The molecular weight excluding hydrogens is 725 g/mol. The van der Waals surface area contributed by atoms with Gasteiger partial charge in [0.25, 0.3) is 0 Å². The predicted molar refractivity (Wildman–Crippen MR) is 248 cm³/mol. The number of hydrogen-bond donors (Lipinski definition) is 0. The van der Waals surface area contributed by atoms with Crippen LogP contribution in [0.3, 0.4) is 0 Å². The Labute approximate surface area is 350 Å². The van der Waals surface area contributed by atoms with Crippen LogP contribution in [0.4, 0.5) is 0 Å². The van der Waals surface area contributed by atoms with Gasteiger partial charge in [0.05, 0.1) is 16.8 Å². The van der Waals surface area contributed by atoms with Gasteiger partial charge < -0.3 is 0 Å². The summed E-state index contributed by atoms with van der Waals surface area (Å²) >= 11 is 0. The first kappa shape index (κ1) is 34.4. The monoisotopic (exact) mass is 762 g/mol. The molecule has 1 aromatic heterocycles. The van der Waals surface area contributed by atoms with Crippen molar-refractivity contribution in [3.05, 3.63) is 240 Å². The molecule has 12 rings (SSSR count). The number of rotatable bonds is 4. The van der Waals surface area contributed by atoms with E-state index >= 15 is 0 Å². The molecule has 2 heteroatoms. The van der Waals surface area contributed by atoms with Gasteiger partial charge in [-0.2, -0.15) is 0 Å². The maximum absolute atomic E-state index is 5.38. The Morgan fingerprint density at radius 2 is 0.767 bits per heavy atom. The first-order chi connectivity index (χ1) is 29.6. The molecule has 0 aliphatic heterocycles. The van der Waals surface area contributed by atoms with Crippen molar-refractivity contribution in [3.63, 3.8) is 0 Å². The van der Waals surface area contributed by atoms with Crippen LogP contribution in [0.15, 0.2) is 212 Å². The van der Waals surface area contributed by atoms with Crippen LogP contribution in [-0.4, -0.2) is 9.97 Å². The molecule has 0 fully saturated rings. The third-order valence-electron chi connectivity index (χ3n) is 12.8. The van der Waals surface area contributed by atoms with Gasteiger partial charge in [-0.05, 0) is 96.6 Å². The van der Waals surface area contributed by atoms with Crippen molar-refractivity contribution in [3.8, 4) is 78.4 Å². The van der Waals surface area contributed by atoms with Gasteiger partial charge in [-0.1, -0.05) is 206 Å². The summed E-state index contributed by atoms with van der Waals surface area (Å²) in [5.41, 5.74) is 20.6. The lowest BCUT2D eigenvalue weighted by Crippen LogP contribution is -2.29. The summed E-state index contributed by atoms with van der Waals surface area (Å²) in [4.78, 5) is 10.6. The van der Waals surface area contributed by atoms with E-state index in [1.165, 1.54) is 83.1 Å². The average Bonchev–Trinajstić information content (AvgIpc) is 3.56. The Kier molecular flexibility index (Phi) is 7.70. The molecule has 0 atom stereocenters. The number of aromatic nitrogens is 2. The summed E-state index contributed by atoms with van der Waals surface area (Å²) < 4.78 is 0. The molecule has 280 valence electrons. The minimum atomic E-state index is -0.568. The second kappa shape index (κ2) is 13.4. The lowest BCUT2D eigenvalue weighted by molar-refractivity contribution is 0.775. The molecule has 0 radical (unpaired) electrons. The Balaban J connectivity index is 1.10. The van der Waals surface area contributed by atoms with E-state index in [4.69, 9.17) is 9.97 Å². The number of hydrogen-bond acceptors (Lipinski definition) is 2. The number of benzene rings is 9. The van der Waals surface area contributed by atoms with Gasteiger partial charge >= 0.3 is 0 Å². The fourth-order valence-corrected chi connectivity index (χ4v) is 10.1. The minimum Gasteiger partial charge on any atom is -0.228 e. The predicted octanol–water partition coefficient (Wildman–Crippen LogP) is 14.6. The standard InChI is InChI=1S/C58H38N2/c1-37-25-27-41(28-26-37)57-59-55(40-31-29-39(30-32-40)44-21-12-14-38-13-2-3-15-43(38)44)36-56(60-57)42-33-34-50-46-17-5-4-16-45(46)47-18-6-9-22-51(47)58(54(50)35-42)52-23-10-7-19-48(52)49-20-8-11-24-53(49)58/h2-36H,1H3. The molecule has 0 N–H and O–H groups in total. The minimum absolute atomic E-state index is 0.568. The maximum Gasteiger partial charge on any atom is 0.160 e. The fourth-order valence-electron chi connectivity index (χ4n) is 10.1. The third kappa shape index (κ3) is 5.14. The van der Waals surface area contributed by atoms with E-state index in [2.05, 4.69) is 219 Å². The topological polar surface area (TPSA) is 25.8 Å². The zero-order valence-corrected chi connectivity index (χ0v) is 33.1. The zero-order valence-electron chi connectivity index (χ0n) is 33.1. The SMILES string of the molecule is Cc1ccc(-c2nc(-c3ccc(-c4cccc5ccccc45)cc3)cc(-c3ccc4c(c3)C3(c5ccccc5-c5ccccc5-4)c4ccccc4-c4ccccc43)n2)cc1. The lowest BCUT2D eigenvalue weighted by Gasteiger charge is -2.35. The van der Waals surface area contributed by atoms with Crippen molar-refractivity contribution in [2.75, 3.05) is 0 Å². The highest BCUT2D eigenvalue weighted by molar-refractivity contribution is 5.99. The van der Waals surface area contributed by atoms with Crippen LogP contribution in [0, 0.1) is 6.92 Å². The first-order valence-corrected chi connectivity index (χ1v) is 20.7. The van der Waals surface area contributed by atoms with Crippen LogP contribution in [-0.2, 0) is 5.41 Å². The molecule has 2 aliphatic rings. The van der Waals surface area contributed by atoms with Gasteiger partial charge in [0, 0.05) is 16.7 Å². The maximum atomic E-state index is 5.38. The van der Waals surface area contributed by atoms with Gasteiger partial charge in [0.1, 0.15) is 0 Å². The second-order valence-corrected chi connectivity index (χ2v) is 16.1. The van der Waals surface area contributed by atoms with Gasteiger partial charge in [-0.3, -0.25) is 0 Å². The van der Waals surface area contributed by atoms with Crippen LogP contribution in [0.2, 0.25) is 0 Å². The summed E-state index contributed by atoms with van der Waals surface area (Å²) in [6.07, 6.45) is 0. The van der Waals surface area contributed by atoms with E-state index in [1.807, 2.05) is 0 Å². The number of aryl methyl sites for hydroxylation is 1. The normalized spacial score (nSPS) is 12.9. The van der Waals surface area contributed by atoms with Crippen molar-refractivity contribution in [2.45, 2.75) is 12.3 Å². The van der Waals surface area contributed by atoms with Crippen molar-refractivity contribution in [1.82, 2.24) is 9.97 Å². The smallest absolute Gasteiger partial charge is 0.160 e. The Hall–Kier alpha value is -7.68. The quantitative estimate of drug-likeness (QED) is 0.178. The molecule has 0 saturated carbocycles. The highest BCUT2D eigenvalue weighted by Gasteiger charge is 2.49. The molecule has 2 nitrogen and oxygen atoms in total. The van der Waals surface area contributed by atoms with Crippen molar-refractivity contribution < 1.29 is 0 Å². The summed E-state index contributed by atoms with van der Waals surface area (Å²) in [7, 11) is 0. The summed E-state index contributed by atoms with van der Waals surface area (Å²) in [6.45, 7) is 2.12. The van der Waals surface area contributed by atoms with Crippen LogP contribution in [0.25, 0.3) is 89.2 Å². The highest BCUT2D eigenvalue weighted by atomic mass is 14.9. The Morgan fingerprint density at radius 3 is 1.42 bits per heavy atom. The van der Waals surface area contributed by atoms with Crippen molar-refractivity contribution >= 4 is 10.8 Å².